The van der Waals surface area contributed by atoms with Crippen molar-refractivity contribution in [1.82, 2.24) is 0 Å². The molecule has 1 aliphatic rings. The molecule has 0 saturated heterocycles. The molecular formula is C18H27NO2. The number of nitrogens with zero attached hydrogens (tertiary/aromatic N) is 1. The Bertz CT molecular complexity index is 522. The largest absolute Gasteiger partial charge is 0.495 e. The van der Waals surface area contributed by atoms with E-state index < -0.39 is 0 Å². The van der Waals surface area contributed by atoms with Crippen LogP contribution in [0.2, 0.25) is 0 Å². The van der Waals surface area contributed by atoms with E-state index in [0.717, 1.165) is 31.4 Å². The molecule has 0 unspecified atom stereocenters. The van der Waals surface area contributed by atoms with E-state index in [2.05, 4.69) is 32.6 Å². The van der Waals surface area contributed by atoms with E-state index in [9.17, 15) is 4.79 Å². The number of unbranched alkanes of at least 4 members (excludes halogenated alkanes) is 1. The number of fused-ring (bicyclic) bond motifs is 1. The van der Waals surface area contributed by atoms with Gasteiger partial charge in [0.1, 0.15) is 12.0 Å². The average molecular weight is 289 g/mol. The van der Waals surface area contributed by atoms with E-state index in [1.165, 1.54) is 17.7 Å². The molecule has 1 atom stereocenters. The van der Waals surface area contributed by atoms with Crippen molar-refractivity contribution in [2.24, 2.45) is 0 Å². The molecule has 1 aromatic rings. The zero-order valence-corrected chi connectivity index (χ0v) is 13.9. The van der Waals surface area contributed by atoms with Crippen LogP contribution in [0.4, 0.5) is 5.69 Å². The summed E-state index contributed by atoms with van der Waals surface area (Å²) in [6.07, 6.45) is 4.34. The molecule has 0 aromatic heterocycles. The molecule has 21 heavy (non-hydrogen) atoms. The second-order valence-corrected chi connectivity index (χ2v) is 6.70. The van der Waals surface area contributed by atoms with Gasteiger partial charge in [-0.2, -0.15) is 0 Å². The molecule has 0 spiro atoms. The van der Waals surface area contributed by atoms with Crippen LogP contribution in [0.1, 0.15) is 68.8 Å². The lowest BCUT2D eigenvalue weighted by atomic mass is 9.79. The molecule has 0 bridgehead atoms. The second kappa shape index (κ2) is 6.08. The molecule has 1 aromatic carbocycles. The van der Waals surface area contributed by atoms with E-state index in [4.69, 9.17) is 4.74 Å². The summed E-state index contributed by atoms with van der Waals surface area (Å²) in [7, 11) is 1.69. The van der Waals surface area contributed by atoms with Gasteiger partial charge in [-0.3, -0.25) is 4.79 Å². The molecule has 116 valence electrons. The number of hydrogen-bond donors (Lipinski definition) is 0. The number of anilines is 1. The van der Waals surface area contributed by atoms with Crippen molar-refractivity contribution >= 4 is 12.0 Å². The number of carbonyl (C=O) groups is 1. The van der Waals surface area contributed by atoms with E-state index in [0.29, 0.717) is 11.5 Å². The Morgan fingerprint density at radius 3 is 2.71 bits per heavy atom. The predicted molar refractivity (Wildman–Crippen MR) is 87.7 cm³/mol. The van der Waals surface area contributed by atoms with Gasteiger partial charge >= 0.3 is 0 Å². The Morgan fingerprint density at radius 2 is 2.14 bits per heavy atom. The van der Waals surface area contributed by atoms with Crippen molar-refractivity contribution in [2.75, 3.05) is 18.6 Å². The summed E-state index contributed by atoms with van der Waals surface area (Å²) in [5, 5.41) is 0. The Hall–Kier alpha value is -1.51. The fourth-order valence-corrected chi connectivity index (χ4v) is 3.54. The van der Waals surface area contributed by atoms with Crippen molar-refractivity contribution < 1.29 is 9.53 Å². The van der Waals surface area contributed by atoms with Gasteiger partial charge < -0.3 is 9.64 Å². The molecule has 0 fully saturated rings. The van der Waals surface area contributed by atoms with Crippen molar-refractivity contribution in [3.63, 3.8) is 0 Å². The number of carbonyl (C=O) groups excluding carboxylic acids is 1. The Morgan fingerprint density at radius 1 is 1.43 bits per heavy atom. The Balaban J connectivity index is 2.59. The Labute approximate surface area is 128 Å². The highest BCUT2D eigenvalue weighted by molar-refractivity contribution is 5.81. The second-order valence-electron chi connectivity index (χ2n) is 6.70. The third-order valence-electron chi connectivity index (χ3n) is 4.56. The van der Waals surface area contributed by atoms with Gasteiger partial charge in [0.05, 0.1) is 12.8 Å². The topological polar surface area (TPSA) is 29.5 Å². The predicted octanol–water partition coefficient (Wildman–Crippen LogP) is 4.40. The number of rotatable bonds is 5. The lowest BCUT2D eigenvalue weighted by molar-refractivity contribution is 0.112. The molecule has 0 amide bonds. The van der Waals surface area contributed by atoms with Crippen molar-refractivity contribution in [1.29, 1.82) is 0 Å². The highest BCUT2D eigenvalue weighted by Gasteiger charge is 2.38. The first-order valence-corrected chi connectivity index (χ1v) is 7.89. The van der Waals surface area contributed by atoms with Gasteiger partial charge in [-0.15, -0.1) is 0 Å². The first-order chi connectivity index (χ1) is 9.94. The first-order valence-electron chi connectivity index (χ1n) is 7.89. The van der Waals surface area contributed by atoms with Gasteiger partial charge in [-0.1, -0.05) is 20.3 Å². The number of hydrogen-bond acceptors (Lipinski definition) is 3. The molecule has 0 radical (unpaired) electrons. The first kappa shape index (κ1) is 15.9. The van der Waals surface area contributed by atoms with Crippen molar-refractivity contribution in [3.05, 3.63) is 23.3 Å². The van der Waals surface area contributed by atoms with Crippen LogP contribution in [0.15, 0.2) is 12.1 Å². The number of methoxy groups -OCH3 is 1. The summed E-state index contributed by atoms with van der Waals surface area (Å²) in [6, 6.07) is 3.89. The fourth-order valence-electron chi connectivity index (χ4n) is 3.54. The van der Waals surface area contributed by atoms with Crippen LogP contribution in [0, 0.1) is 0 Å². The highest BCUT2D eigenvalue weighted by Crippen LogP contribution is 2.48. The van der Waals surface area contributed by atoms with Gasteiger partial charge in [0.2, 0.25) is 0 Å². The zero-order chi connectivity index (χ0) is 15.6. The minimum Gasteiger partial charge on any atom is -0.495 e. The summed E-state index contributed by atoms with van der Waals surface area (Å²) >= 11 is 0. The van der Waals surface area contributed by atoms with Crippen molar-refractivity contribution in [3.8, 4) is 5.75 Å². The third-order valence-corrected chi connectivity index (χ3v) is 4.56. The third kappa shape index (κ3) is 2.92. The molecule has 0 aliphatic carbocycles. The molecule has 1 heterocycles. The van der Waals surface area contributed by atoms with E-state index in [-0.39, 0.29) is 5.54 Å². The van der Waals surface area contributed by atoms with Crippen LogP contribution in [-0.4, -0.2) is 25.5 Å². The standard InChI is InChI=1S/C18H27NO2/c1-6-7-8-19-17-15(13(2)11-18(19,3)4)9-14(12-20)10-16(17)21-5/h9-10,12-13H,6-8,11H2,1-5H3/t13-/m0/s1. The smallest absolute Gasteiger partial charge is 0.150 e. The van der Waals surface area contributed by atoms with Crippen LogP contribution < -0.4 is 9.64 Å². The maximum Gasteiger partial charge on any atom is 0.150 e. The van der Waals surface area contributed by atoms with Gasteiger partial charge in [-0.05, 0) is 50.3 Å². The minimum absolute atomic E-state index is 0.109. The SMILES string of the molecule is CCCCN1c2c(OC)cc(C=O)cc2[C@@H](C)CC1(C)C. The lowest BCUT2D eigenvalue weighted by Crippen LogP contribution is -2.49. The van der Waals surface area contributed by atoms with Crippen LogP contribution in [-0.2, 0) is 0 Å². The summed E-state index contributed by atoms with van der Waals surface area (Å²) in [6.45, 7) is 10.1. The Kier molecular flexibility index (Phi) is 4.60. The normalized spacial score (nSPS) is 20.0. The van der Waals surface area contributed by atoms with Gasteiger partial charge in [-0.25, -0.2) is 0 Å². The molecule has 0 saturated carbocycles. The quantitative estimate of drug-likeness (QED) is 0.752. The number of ether oxygens (including phenoxy) is 1. The van der Waals surface area contributed by atoms with Gasteiger partial charge in [0, 0.05) is 17.6 Å². The van der Waals surface area contributed by atoms with Gasteiger partial charge in [0.15, 0.2) is 0 Å². The molecule has 3 nitrogen and oxygen atoms in total. The molecule has 0 N–H and O–H groups in total. The van der Waals surface area contributed by atoms with E-state index in [1.54, 1.807) is 7.11 Å². The monoisotopic (exact) mass is 289 g/mol. The number of benzene rings is 1. The summed E-state index contributed by atoms with van der Waals surface area (Å²) in [5.41, 5.74) is 3.23. The van der Waals surface area contributed by atoms with E-state index >= 15 is 0 Å². The average Bonchev–Trinajstić information content (AvgIpc) is 2.45. The molecular weight excluding hydrogens is 262 g/mol. The summed E-state index contributed by atoms with van der Waals surface area (Å²) < 4.78 is 5.61. The van der Waals surface area contributed by atoms with Crippen LogP contribution in [0.3, 0.4) is 0 Å². The van der Waals surface area contributed by atoms with Crippen LogP contribution in [0.25, 0.3) is 0 Å². The summed E-state index contributed by atoms with van der Waals surface area (Å²) in [5.74, 6) is 1.26. The maximum atomic E-state index is 11.2. The maximum absolute atomic E-state index is 11.2. The summed E-state index contributed by atoms with van der Waals surface area (Å²) in [4.78, 5) is 13.7. The number of aldehydes is 1. The lowest BCUT2D eigenvalue weighted by Gasteiger charge is -2.48. The molecule has 3 heteroatoms. The van der Waals surface area contributed by atoms with Crippen LogP contribution >= 0.6 is 0 Å². The molecule has 1 aliphatic heterocycles. The highest BCUT2D eigenvalue weighted by atomic mass is 16.5. The van der Waals surface area contributed by atoms with Crippen molar-refractivity contribution in [2.45, 2.75) is 58.4 Å². The fraction of sp³-hybridized carbons (Fsp3) is 0.611. The van der Waals surface area contributed by atoms with E-state index in [1.807, 2.05) is 12.1 Å². The zero-order valence-electron chi connectivity index (χ0n) is 13.9. The minimum atomic E-state index is 0.109. The van der Waals surface area contributed by atoms with Crippen LogP contribution in [0.5, 0.6) is 5.75 Å². The molecule has 2 rings (SSSR count). The van der Waals surface area contributed by atoms with Gasteiger partial charge in [0.25, 0.3) is 0 Å².